The van der Waals surface area contributed by atoms with Crippen LogP contribution < -0.4 is 0 Å². The van der Waals surface area contributed by atoms with Crippen LogP contribution in [-0.2, 0) is 16.0 Å². The first-order chi connectivity index (χ1) is 11.4. The summed E-state index contributed by atoms with van der Waals surface area (Å²) >= 11 is 1.46. The van der Waals surface area contributed by atoms with Crippen LogP contribution in [0.15, 0.2) is 17.2 Å². The lowest BCUT2D eigenvalue weighted by Crippen LogP contribution is -2.06. The number of thiophene rings is 1. The van der Waals surface area contributed by atoms with Crippen LogP contribution in [0.1, 0.15) is 54.3 Å². The molecule has 24 heavy (non-hydrogen) atoms. The lowest BCUT2D eigenvalue weighted by molar-refractivity contribution is -0.140. The Hall–Kier alpha value is -1.73. The lowest BCUT2D eigenvalue weighted by Gasteiger charge is -2.10. The number of rotatable bonds is 10. The molecule has 0 bridgehead atoms. The zero-order chi connectivity index (χ0) is 18.0. The van der Waals surface area contributed by atoms with Gasteiger partial charge in [-0.3, -0.25) is 4.79 Å². The summed E-state index contributed by atoms with van der Waals surface area (Å²) in [4.78, 5) is 15.7. The third kappa shape index (κ3) is 8.21. The van der Waals surface area contributed by atoms with E-state index in [1.165, 1.54) is 18.4 Å². The van der Waals surface area contributed by atoms with Crippen LogP contribution in [0.5, 0.6) is 0 Å². The molecule has 0 aliphatic heterocycles. The van der Waals surface area contributed by atoms with Gasteiger partial charge in [-0.15, -0.1) is 11.3 Å². The van der Waals surface area contributed by atoms with E-state index in [2.05, 4.69) is 14.8 Å². The van der Waals surface area contributed by atoms with Crippen molar-refractivity contribution in [2.45, 2.75) is 57.2 Å². The number of azide groups is 1. The summed E-state index contributed by atoms with van der Waals surface area (Å²) in [5.74, 6) is -0.261. The molecule has 0 N–H and O–H groups in total. The average Bonchev–Trinajstić information content (AvgIpc) is 2.98. The predicted octanol–water partition coefficient (Wildman–Crippen LogP) is 5.72. The SMILES string of the molecule is COC(=O)CCCc1ccc(C(CCCCC(F)(F)F)N=[N+]=[N-])s1. The molecular weight excluding hydrogens is 343 g/mol. The molecule has 0 aliphatic carbocycles. The minimum Gasteiger partial charge on any atom is -0.469 e. The van der Waals surface area contributed by atoms with E-state index in [1.54, 1.807) is 0 Å². The highest BCUT2D eigenvalue weighted by Crippen LogP contribution is 2.32. The van der Waals surface area contributed by atoms with E-state index in [0.717, 1.165) is 9.75 Å². The molecule has 1 atom stereocenters. The first-order valence-electron chi connectivity index (χ1n) is 7.62. The van der Waals surface area contributed by atoms with Crippen LogP contribution in [0, 0.1) is 0 Å². The fourth-order valence-corrected chi connectivity index (χ4v) is 3.32. The van der Waals surface area contributed by atoms with Gasteiger partial charge in [-0.25, -0.2) is 0 Å². The summed E-state index contributed by atoms with van der Waals surface area (Å²) in [6, 6.07) is 3.29. The number of halogens is 3. The van der Waals surface area contributed by atoms with Gasteiger partial charge < -0.3 is 4.74 Å². The fraction of sp³-hybridized carbons (Fsp3) is 0.667. The molecule has 1 rings (SSSR count). The zero-order valence-electron chi connectivity index (χ0n) is 13.4. The maximum atomic E-state index is 12.1. The van der Waals surface area contributed by atoms with Gasteiger partial charge in [0.15, 0.2) is 0 Å². The van der Waals surface area contributed by atoms with Crippen LogP contribution in [-0.4, -0.2) is 19.3 Å². The van der Waals surface area contributed by atoms with Crippen LogP contribution in [0.2, 0.25) is 0 Å². The Morgan fingerprint density at radius 1 is 1.38 bits per heavy atom. The number of carbonyl (C=O) groups excluding carboxylic acids is 1. The van der Waals surface area contributed by atoms with Crippen LogP contribution >= 0.6 is 11.3 Å². The van der Waals surface area contributed by atoms with Crippen LogP contribution in [0.3, 0.4) is 0 Å². The highest BCUT2D eigenvalue weighted by molar-refractivity contribution is 7.12. The highest BCUT2D eigenvalue weighted by Gasteiger charge is 2.26. The number of hydrogen-bond donors (Lipinski definition) is 0. The van der Waals surface area contributed by atoms with E-state index < -0.39 is 18.6 Å². The second-order valence-electron chi connectivity index (χ2n) is 5.32. The molecular formula is C15H20F3N3O2S. The lowest BCUT2D eigenvalue weighted by atomic mass is 10.1. The maximum Gasteiger partial charge on any atom is 0.389 e. The third-order valence-corrected chi connectivity index (χ3v) is 4.67. The van der Waals surface area contributed by atoms with E-state index in [4.69, 9.17) is 5.53 Å². The Labute approximate surface area is 142 Å². The Bertz CT molecular complexity index is 569. The monoisotopic (exact) mass is 363 g/mol. The maximum absolute atomic E-state index is 12.1. The van der Waals surface area contributed by atoms with Crippen molar-refractivity contribution < 1.29 is 22.7 Å². The molecule has 0 saturated carbocycles. The predicted molar refractivity (Wildman–Crippen MR) is 85.7 cm³/mol. The number of ether oxygens (including phenoxy) is 1. The Balaban J connectivity index is 2.50. The molecule has 0 amide bonds. The van der Waals surface area contributed by atoms with Crippen molar-refractivity contribution >= 4 is 17.3 Å². The molecule has 1 heterocycles. The first kappa shape index (κ1) is 20.3. The van der Waals surface area contributed by atoms with Gasteiger partial charge in [0, 0.05) is 27.5 Å². The number of nitrogens with zero attached hydrogens (tertiary/aromatic N) is 3. The summed E-state index contributed by atoms with van der Waals surface area (Å²) in [5, 5.41) is 3.70. The standard InChI is InChI=1S/C15H20F3N3O2S/c1-23-14(22)7-4-5-11-8-9-13(24-11)12(20-21-19)6-2-3-10-15(16,17)18/h8-9,12H,2-7,10H2,1H3. The van der Waals surface area contributed by atoms with Gasteiger partial charge in [0.1, 0.15) is 0 Å². The van der Waals surface area contributed by atoms with Crippen molar-refractivity contribution in [2.75, 3.05) is 7.11 Å². The number of methoxy groups -OCH3 is 1. The van der Waals surface area contributed by atoms with Crippen molar-refractivity contribution in [1.82, 2.24) is 0 Å². The molecule has 1 aromatic rings. The van der Waals surface area contributed by atoms with Gasteiger partial charge in [-0.1, -0.05) is 11.5 Å². The third-order valence-electron chi connectivity index (χ3n) is 3.42. The highest BCUT2D eigenvalue weighted by atomic mass is 32.1. The van der Waals surface area contributed by atoms with Gasteiger partial charge in [-0.05, 0) is 43.3 Å². The van der Waals surface area contributed by atoms with E-state index in [1.807, 2.05) is 12.1 Å². The molecule has 0 aromatic carbocycles. The smallest absolute Gasteiger partial charge is 0.389 e. The van der Waals surface area contributed by atoms with E-state index >= 15 is 0 Å². The van der Waals surface area contributed by atoms with Gasteiger partial charge in [-0.2, -0.15) is 13.2 Å². The molecule has 0 spiro atoms. The van der Waals surface area contributed by atoms with Crippen molar-refractivity contribution in [3.05, 3.63) is 32.3 Å². The number of unbranched alkanes of at least 4 members (excludes halogenated alkanes) is 1. The number of carbonyl (C=O) groups is 1. The largest absolute Gasteiger partial charge is 0.469 e. The number of hydrogen-bond acceptors (Lipinski definition) is 4. The quantitative estimate of drug-likeness (QED) is 0.175. The molecule has 134 valence electrons. The van der Waals surface area contributed by atoms with E-state index in [0.29, 0.717) is 32.1 Å². The van der Waals surface area contributed by atoms with Crippen LogP contribution in [0.4, 0.5) is 13.2 Å². The normalized spacial score (nSPS) is 12.5. The number of aryl methyl sites for hydroxylation is 1. The summed E-state index contributed by atoms with van der Waals surface area (Å²) in [5.41, 5.74) is 8.65. The average molecular weight is 363 g/mol. The fourth-order valence-electron chi connectivity index (χ4n) is 2.20. The molecule has 5 nitrogen and oxygen atoms in total. The van der Waals surface area contributed by atoms with Gasteiger partial charge in [0.2, 0.25) is 0 Å². The summed E-state index contributed by atoms with van der Waals surface area (Å²) in [6.45, 7) is 0. The number of alkyl halides is 3. The summed E-state index contributed by atoms with van der Waals surface area (Å²) in [7, 11) is 1.34. The molecule has 0 aliphatic rings. The molecule has 0 radical (unpaired) electrons. The molecule has 0 fully saturated rings. The Kier molecular flexibility index (Phi) is 8.63. The van der Waals surface area contributed by atoms with Gasteiger partial charge in [0.25, 0.3) is 0 Å². The van der Waals surface area contributed by atoms with Crippen LogP contribution in [0.25, 0.3) is 10.4 Å². The van der Waals surface area contributed by atoms with Gasteiger partial charge in [0.05, 0.1) is 13.2 Å². The number of esters is 1. The minimum absolute atomic E-state index is 0.0261. The minimum atomic E-state index is -4.15. The summed E-state index contributed by atoms with van der Waals surface area (Å²) in [6.07, 6.45) is -2.51. The topological polar surface area (TPSA) is 75.1 Å². The zero-order valence-corrected chi connectivity index (χ0v) is 14.2. The molecule has 9 heteroatoms. The van der Waals surface area contributed by atoms with E-state index in [9.17, 15) is 18.0 Å². The molecule has 1 unspecified atom stereocenters. The van der Waals surface area contributed by atoms with Crippen molar-refractivity contribution in [1.29, 1.82) is 0 Å². The second kappa shape index (κ2) is 10.2. The van der Waals surface area contributed by atoms with Crippen molar-refractivity contribution in [3.8, 4) is 0 Å². The molecule has 1 aromatic heterocycles. The Morgan fingerprint density at radius 3 is 2.75 bits per heavy atom. The summed E-state index contributed by atoms with van der Waals surface area (Å²) < 4.78 is 41.0. The van der Waals surface area contributed by atoms with E-state index in [-0.39, 0.29) is 12.4 Å². The second-order valence-corrected chi connectivity index (χ2v) is 6.52. The first-order valence-corrected chi connectivity index (χ1v) is 8.43. The Morgan fingerprint density at radius 2 is 2.12 bits per heavy atom. The van der Waals surface area contributed by atoms with Crippen molar-refractivity contribution in [2.24, 2.45) is 5.11 Å². The molecule has 0 saturated heterocycles. The van der Waals surface area contributed by atoms with Crippen molar-refractivity contribution in [3.63, 3.8) is 0 Å². The van der Waals surface area contributed by atoms with Gasteiger partial charge >= 0.3 is 12.1 Å².